The Kier molecular flexibility index (Phi) is 3.23. The number of hydrazone groups is 1. The Morgan fingerprint density at radius 2 is 2.14 bits per heavy atom. The molecular formula is C10H12N2O2. The van der Waals surface area contributed by atoms with Crippen molar-refractivity contribution in [1.29, 1.82) is 0 Å². The molecule has 0 aliphatic carbocycles. The molecule has 1 aromatic carbocycles. The van der Waals surface area contributed by atoms with Crippen LogP contribution in [-0.2, 0) is 0 Å². The molecule has 1 rings (SSSR count). The van der Waals surface area contributed by atoms with Gasteiger partial charge < -0.3 is 5.11 Å². The lowest BCUT2D eigenvalue weighted by Crippen LogP contribution is -1.98. The highest BCUT2D eigenvalue weighted by Crippen LogP contribution is 2.10. The molecule has 0 spiro atoms. The summed E-state index contributed by atoms with van der Waals surface area (Å²) >= 11 is 0. The Balaban J connectivity index is 2.84. The fraction of sp³-hybridized carbons (Fsp3) is 0.200. The molecule has 0 atom stereocenters. The van der Waals surface area contributed by atoms with Crippen LogP contribution in [0.25, 0.3) is 0 Å². The van der Waals surface area contributed by atoms with Crippen molar-refractivity contribution in [2.75, 3.05) is 5.43 Å². The van der Waals surface area contributed by atoms with E-state index in [0.29, 0.717) is 5.69 Å². The number of hydrogen-bond acceptors (Lipinski definition) is 3. The summed E-state index contributed by atoms with van der Waals surface area (Å²) in [7, 11) is 0. The normalized spacial score (nSPS) is 9.29. The number of benzene rings is 1. The Bertz CT molecular complexity index is 368. The van der Waals surface area contributed by atoms with Gasteiger partial charge in [-0.1, -0.05) is 6.07 Å². The van der Waals surface area contributed by atoms with E-state index in [2.05, 4.69) is 10.5 Å². The van der Waals surface area contributed by atoms with Gasteiger partial charge in [-0.05, 0) is 32.0 Å². The van der Waals surface area contributed by atoms with Gasteiger partial charge in [0.25, 0.3) is 0 Å². The van der Waals surface area contributed by atoms with Crippen LogP contribution in [0.4, 0.5) is 5.69 Å². The van der Waals surface area contributed by atoms with Crippen LogP contribution < -0.4 is 5.43 Å². The lowest BCUT2D eigenvalue weighted by Gasteiger charge is -2.01. The molecule has 14 heavy (non-hydrogen) atoms. The van der Waals surface area contributed by atoms with Gasteiger partial charge in [-0.3, -0.25) is 5.43 Å². The van der Waals surface area contributed by atoms with Crippen LogP contribution in [0.1, 0.15) is 24.2 Å². The first kappa shape index (κ1) is 10.2. The van der Waals surface area contributed by atoms with E-state index in [1.807, 2.05) is 13.8 Å². The van der Waals surface area contributed by atoms with Gasteiger partial charge in [0, 0.05) is 5.71 Å². The number of carboxylic acid groups (broad SMARTS) is 1. The van der Waals surface area contributed by atoms with Gasteiger partial charge in [-0.2, -0.15) is 5.10 Å². The second kappa shape index (κ2) is 4.41. The number of nitrogens with one attached hydrogen (secondary N) is 1. The van der Waals surface area contributed by atoms with E-state index < -0.39 is 5.97 Å². The van der Waals surface area contributed by atoms with Gasteiger partial charge in [0.1, 0.15) is 0 Å². The van der Waals surface area contributed by atoms with Crippen molar-refractivity contribution in [3.63, 3.8) is 0 Å². The molecule has 4 nitrogen and oxygen atoms in total. The lowest BCUT2D eigenvalue weighted by molar-refractivity contribution is 0.0697. The van der Waals surface area contributed by atoms with E-state index in [-0.39, 0.29) is 5.56 Å². The van der Waals surface area contributed by atoms with Crippen molar-refractivity contribution < 1.29 is 9.90 Å². The minimum atomic E-state index is -0.939. The van der Waals surface area contributed by atoms with Crippen LogP contribution in [0.15, 0.2) is 29.4 Å². The highest BCUT2D eigenvalue weighted by Gasteiger charge is 2.01. The van der Waals surface area contributed by atoms with E-state index in [9.17, 15) is 4.79 Å². The maximum absolute atomic E-state index is 10.6. The summed E-state index contributed by atoms with van der Waals surface area (Å²) in [5.41, 5.74) is 4.57. The highest BCUT2D eigenvalue weighted by molar-refractivity contribution is 5.88. The Morgan fingerprint density at radius 3 is 2.71 bits per heavy atom. The molecule has 0 bridgehead atoms. The Labute approximate surface area is 82.3 Å². The molecule has 0 heterocycles. The maximum atomic E-state index is 10.6. The van der Waals surface area contributed by atoms with E-state index in [0.717, 1.165) is 5.71 Å². The molecule has 0 amide bonds. The standard InChI is InChI=1S/C10H12N2O2/c1-7(2)11-12-9-5-3-4-8(6-9)10(13)14/h3-6,12H,1-2H3,(H,13,14). The van der Waals surface area contributed by atoms with Crippen LogP contribution >= 0.6 is 0 Å². The van der Waals surface area contributed by atoms with E-state index >= 15 is 0 Å². The number of nitrogens with zero attached hydrogens (tertiary/aromatic N) is 1. The zero-order chi connectivity index (χ0) is 10.6. The van der Waals surface area contributed by atoms with Gasteiger partial charge in [0.05, 0.1) is 11.3 Å². The van der Waals surface area contributed by atoms with Gasteiger partial charge in [0.2, 0.25) is 0 Å². The van der Waals surface area contributed by atoms with Crippen LogP contribution in [0.5, 0.6) is 0 Å². The molecule has 2 N–H and O–H groups in total. The van der Waals surface area contributed by atoms with Crippen LogP contribution in [0.3, 0.4) is 0 Å². The van der Waals surface area contributed by atoms with Gasteiger partial charge in [-0.25, -0.2) is 4.79 Å². The molecule has 4 heteroatoms. The van der Waals surface area contributed by atoms with Crippen molar-refractivity contribution in [2.45, 2.75) is 13.8 Å². The summed E-state index contributed by atoms with van der Waals surface area (Å²) in [6.45, 7) is 3.71. The molecule has 0 aliphatic rings. The van der Waals surface area contributed by atoms with Gasteiger partial charge >= 0.3 is 5.97 Å². The first-order chi connectivity index (χ1) is 6.59. The minimum absolute atomic E-state index is 0.249. The SMILES string of the molecule is CC(C)=NNc1cccc(C(=O)O)c1. The zero-order valence-corrected chi connectivity index (χ0v) is 8.11. The number of aromatic carboxylic acids is 1. The van der Waals surface area contributed by atoms with Gasteiger partial charge in [0.15, 0.2) is 0 Å². The van der Waals surface area contributed by atoms with Crippen molar-refractivity contribution in [3.8, 4) is 0 Å². The number of carboxylic acids is 1. The summed E-state index contributed by atoms with van der Waals surface area (Å²) in [5.74, 6) is -0.939. The quantitative estimate of drug-likeness (QED) is 0.570. The van der Waals surface area contributed by atoms with Crippen molar-refractivity contribution in [1.82, 2.24) is 0 Å². The zero-order valence-electron chi connectivity index (χ0n) is 8.11. The summed E-state index contributed by atoms with van der Waals surface area (Å²) in [6.07, 6.45) is 0. The third-order valence-corrected chi connectivity index (χ3v) is 1.52. The molecule has 0 saturated heterocycles. The molecule has 1 aromatic rings. The third kappa shape index (κ3) is 2.90. The van der Waals surface area contributed by atoms with Crippen molar-refractivity contribution in [3.05, 3.63) is 29.8 Å². The van der Waals surface area contributed by atoms with Crippen LogP contribution in [-0.4, -0.2) is 16.8 Å². The van der Waals surface area contributed by atoms with E-state index in [1.54, 1.807) is 12.1 Å². The van der Waals surface area contributed by atoms with Crippen molar-refractivity contribution >= 4 is 17.4 Å². The first-order valence-electron chi connectivity index (χ1n) is 4.20. The van der Waals surface area contributed by atoms with Gasteiger partial charge in [-0.15, -0.1) is 0 Å². The fourth-order valence-corrected chi connectivity index (χ4v) is 0.898. The molecule has 0 saturated carbocycles. The Morgan fingerprint density at radius 1 is 1.43 bits per heavy atom. The number of anilines is 1. The minimum Gasteiger partial charge on any atom is -0.478 e. The fourth-order valence-electron chi connectivity index (χ4n) is 0.898. The van der Waals surface area contributed by atoms with E-state index in [1.165, 1.54) is 12.1 Å². The Hall–Kier alpha value is -1.84. The molecule has 0 aliphatic heterocycles. The molecule has 0 aromatic heterocycles. The molecular weight excluding hydrogens is 180 g/mol. The topological polar surface area (TPSA) is 61.7 Å². The summed E-state index contributed by atoms with van der Waals surface area (Å²) in [6, 6.07) is 6.51. The monoisotopic (exact) mass is 192 g/mol. The smallest absolute Gasteiger partial charge is 0.335 e. The number of hydrogen-bond donors (Lipinski definition) is 2. The predicted octanol–water partition coefficient (Wildman–Crippen LogP) is 2.19. The average molecular weight is 192 g/mol. The highest BCUT2D eigenvalue weighted by atomic mass is 16.4. The van der Waals surface area contributed by atoms with Crippen LogP contribution in [0.2, 0.25) is 0 Å². The summed E-state index contributed by atoms with van der Waals surface area (Å²) < 4.78 is 0. The maximum Gasteiger partial charge on any atom is 0.335 e. The lowest BCUT2D eigenvalue weighted by atomic mass is 10.2. The third-order valence-electron chi connectivity index (χ3n) is 1.52. The molecule has 0 unspecified atom stereocenters. The largest absolute Gasteiger partial charge is 0.478 e. The second-order valence-electron chi connectivity index (χ2n) is 3.06. The van der Waals surface area contributed by atoms with Crippen molar-refractivity contribution in [2.24, 2.45) is 5.10 Å². The number of rotatable bonds is 3. The average Bonchev–Trinajstić information content (AvgIpc) is 2.15. The predicted molar refractivity (Wildman–Crippen MR) is 55.8 cm³/mol. The summed E-state index contributed by atoms with van der Waals surface area (Å²) in [5, 5.41) is 12.7. The first-order valence-corrected chi connectivity index (χ1v) is 4.20. The van der Waals surface area contributed by atoms with E-state index in [4.69, 9.17) is 5.11 Å². The molecule has 0 fully saturated rings. The molecule has 74 valence electrons. The summed E-state index contributed by atoms with van der Waals surface area (Å²) in [4.78, 5) is 10.6. The van der Waals surface area contributed by atoms with Crippen LogP contribution in [0, 0.1) is 0 Å². The molecule has 0 radical (unpaired) electrons. The second-order valence-corrected chi connectivity index (χ2v) is 3.06. The number of carbonyl (C=O) groups is 1.